The first kappa shape index (κ1) is 8.71. The minimum Gasteiger partial charge on any atom is -0.460 e. The summed E-state index contributed by atoms with van der Waals surface area (Å²) in [5.41, 5.74) is 0.438. The summed E-state index contributed by atoms with van der Waals surface area (Å²) in [6, 6.07) is 0. The van der Waals surface area contributed by atoms with Crippen molar-refractivity contribution < 1.29 is 14.3 Å². The molecule has 0 heterocycles. The number of Topliss-reactive ketones (excluding diaryl/α,β-unsaturated/α-hetero) is 1. The quantitative estimate of drug-likeness (QED) is 0.464. The van der Waals surface area contributed by atoms with E-state index in [1.165, 1.54) is 0 Å². The minimum atomic E-state index is -0.768. The Morgan fingerprint density at radius 2 is 2.33 bits per heavy atom. The molecule has 0 saturated carbocycles. The number of carbonyl (C=O) groups excluding carboxylic acids is 2. The number of ether oxygens (including phenoxy) is 1. The van der Waals surface area contributed by atoms with Gasteiger partial charge in [0.05, 0.1) is 6.61 Å². The second-order valence-electron chi connectivity index (χ2n) is 2.35. The Hall–Kier alpha value is -1.38. The largest absolute Gasteiger partial charge is 0.460 e. The molecule has 0 spiro atoms. The Labute approximate surface area is 70.7 Å². The van der Waals surface area contributed by atoms with Gasteiger partial charge < -0.3 is 4.74 Å². The summed E-state index contributed by atoms with van der Waals surface area (Å²) in [6.45, 7) is 1.91. The molecule has 0 radical (unpaired) electrons. The SMILES string of the molecule is CCOC(=O)C(=O)C1=CCC=C1. The molecular weight excluding hydrogens is 156 g/mol. The fraction of sp³-hybridized carbons (Fsp3) is 0.333. The molecule has 1 rings (SSSR count). The molecule has 1 aliphatic rings. The maximum atomic E-state index is 11.1. The molecule has 0 aliphatic heterocycles. The van der Waals surface area contributed by atoms with Gasteiger partial charge in [0.25, 0.3) is 5.78 Å². The number of esters is 1. The van der Waals surface area contributed by atoms with Crippen LogP contribution in [0.4, 0.5) is 0 Å². The first-order chi connectivity index (χ1) is 5.75. The van der Waals surface area contributed by atoms with Crippen molar-refractivity contribution in [3.8, 4) is 0 Å². The third-order valence-electron chi connectivity index (χ3n) is 1.49. The first-order valence-corrected chi connectivity index (χ1v) is 3.84. The van der Waals surface area contributed by atoms with Crippen molar-refractivity contribution in [2.45, 2.75) is 13.3 Å². The van der Waals surface area contributed by atoms with Crippen LogP contribution in [0, 0.1) is 0 Å². The molecule has 1 aliphatic carbocycles. The van der Waals surface area contributed by atoms with Gasteiger partial charge in [-0.1, -0.05) is 18.2 Å². The van der Waals surface area contributed by atoms with Crippen LogP contribution >= 0.6 is 0 Å². The van der Waals surface area contributed by atoms with Crippen LogP contribution in [0.1, 0.15) is 13.3 Å². The van der Waals surface area contributed by atoms with E-state index in [9.17, 15) is 9.59 Å². The van der Waals surface area contributed by atoms with E-state index in [0.717, 1.165) is 6.42 Å². The number of ketones is 1. The highest BCUT2D eigenvalue weighted by Gasteiger charge is 2.18. The van der Waals surface area contributed by atoms with Crippen molar-refractivity contribution in [1.29, 1.82) is 0 Å². The smallest absolute Gasteiger partial charge is 0.379 e. The van der Waals surface area contributed by atoms with Crippen LogP contribution in [0.5, 0.6) is 0 Å². The van der Waals surface area contributed by atoms with Crippen molar-refractivity contribution in [2.75, 3.05) is 6.61 Å². The molecule has 64 valence electrons. The highest BCUT2D eigenvalue weighted by Crippen LogP contribution is 2.10. The van der Waals surface area contributed by atoms with Crippen molar-refractivity contribution in [3.05, 3.63) is 23.8 Å². The summed E-state index contributed by atoms with van der Waals surface area (Å²) < 4.78 is 4.55. The Morgan fingerprint density at radius 1 is 1.58 bits per heavy atom. The molecule has 0 atom stereocenters. The van der Waals surface area contributed by atoms with Crippen molar-refractivity contribution >= 4 is 11.8 Å². The van der Waals surface area contributed by atoms with Gasteiger partial charge in [0, 0.05) is 5.57 Å². The van der Waals surface area contributed by atoms with Crippen molar-refractivity contribution in [2.24, 2.45) is 0 Å². The van der Waals surface area contributed by atoms with Crippen LogP contribution in [-0.2, 0) is 14.3 Å². The number of carbonyl (C=O) groups is 2. The Morgan fingerprint density at radius 3 is 2.83 bits per heavy atom. The van der Waals surface area contributed by atoms with E-state index in [1.54, 1.807) is 19.1 Å². The van der Waals surface area contributed by atoms with Gasteiger partial charge in [-0.2, -0.15) is 0 Å². The van der Waals surface area contributed by atoms with Gasteiger partial charge in [-0.25, -0.2) is 4.79 Å². The van der Waals surface area contributed by atoms with E-state index in [1.807, 2.05) is 6.08 Å². The maximum absolute atomic E-state index is 11.1. The maximum Gasteiger partial charge on any atom is 0.379 e. The molecule has 0 bridgehead atoms. The van der Waals surface area contributed by atoms with E-state index in [4.69, 9.17) is 0 Å². The van der Waals surface area contributed by atoms with Crippen molar-refractivity contribution in [3.63, 3.8) is 0 Å². The summed E-state index contributed by atoms with van der Waals surface area (Å²) in [5.74, 6) is -1.32. The fourth-order valence-electron chi connectivity index (χ4n) is 0.941. The van der Waals surface area contributed by atoms with Crippen LogP contribution in [0.25, 0.3) is 0 Å². The van der Waals surface area contributed by atoms with Gasteiger partial charge in [-0.3, -0.25) is 4.79 Å². The topological polar surface area (TPSA) is 43.4 Å². The normalized spacial score (nSPS) is 14.2. The van der Waals surface area contributed by atoms with Crippen LogP contribution in [0.15, 0.2) is 23.8 Å². The van der Waals surface area contributed by atoms with E-state index in [0.29, 0.717) is 5.57 Å². The highest BCUT2D eigenvalue weighted by atomic mass is 16.5. The number of allylic oxidation sites excluding steroid dienone is 3. The predicted octanol–water partition coefficient (Wildman–Crippen LogP) is 1.00. The van der Waals surface area contributed by atoms with Gasteiger partial charge in [0.15, 0.2) is 0 Å². The molecule has 0 aromatic rings. The molecule has 0 aromatic carbocycles. The average Bonchev–Trinajstić information content (AvgIpc) is 2.55. The van der Waals surface area contributed by atoms with Crippen LogP contribution < -0.4 is 0 Å². The van der Waals surface area contributed by atoms with E-state index in [2.05, 4.69) is 4.74 Å². The minimum absolute atomic E-state index is 0.238. The molecule has 0 unspecified atom stereocenters. The molecular formula is C9H10O3. The second kappa shape index (κ2) is 3.85. The summed E-state index contributed by atoms with van der Waals surface area (Å²) in [5, 5.41) is 0. The Bertz CT molecular complexity index is 261. The fourth-order valence-corrected chi connectivity index (χ4v) is 0.941. The molecule has 3 nitrogen and oxygen atoms in total. The molecule has 12 heavy (non-hydrogen) atoms. The first-order valence-electron chi connectivity index (χ1n) is 3.84. The average molecular weight is 166 g/mol. The summed E-state index contributed by atoms with van der Waals surface area (Å²) in [7, 11) is 0. The zero-order valence-corrected chi connectivity index (χ0v) is 6.87. The number of rotatable bonds is 3. The molecule has 0 aromatic heterocycles. The van der Waals surface area contributed by atoms with Crippen LogP contribution in [0.2, 0.25) is 0 Å². The van der Waals surface area contributed by atoms with Gasteiger partial charge >= 0.3 is 5.97 Å². The van der Waals surface area contributed by atoms with Gasteiger partial charge in [-0.05, 0) is 13.3 Å². The molecule has 0 fully saturated rings. The number of hydrogen-bond donors (Lipinski definition) is 0. The molecule has 0 amide bonds. The third kappa shape index (κ3) is 1.81. The summed E-state index contributed by atoms with van der Waals surface area (Å²) in [4.78, 5) is 22.0. The summed E-state index contributed by atoms with van der Waals surface area (Å²) >= 11 is 0. The van der Waals surface area contributed by atoms with E-state index < -0.39 is 11.8 Å². The third-order valence-corrected chi connectivity index (χ3v) is 1.49. The zero-order valence-electron chi connectivity index (χ0n) is 6.87. The van der Waals surface area contributed by atoms with Crippen molar-refractivity contribution in [1.82, 2.24) is 0 Å². The lowest BCUT2D eigenvalue weighted by molar-refractivity contribution is -0.151. The van der Waals surface area contributed by atoms with Gasteiger partial charge in [0.1, 0.15) is 0 Å². The Balaban J connectivity index is 2.58. The molecule has 3 heteroatoms. The second-order valence-corrected chi connectivity index (χ2v) is 2.35. The monoisotopic (exact) mass is 166 g/mol. The lowest BCUT2D eigenvalue weighted by atomic mass is 10.2. The summed E-state index contributed by atoms with van der Waals surface area (Å²) in [6.07, 6.45) is 5.89. The van der Waals surface area contributed by atoms with Crippen LogP contribution in [-0.4, -0.2) is 18.4 Å². The van der Waals surface area contributed by atoms with Gasteiger partial charge in [-0.15, -0.1) is 0 Å². The van der Waals surface area contributed by atoms with E-state index >= 15 is 0 Å². The lowest BCUT2D eigenvalue weighted by Gasteiger charge is -1.98. The number of hydrogen-bond acceptors (Lipinski definition) is 3. The molecule has 0 N–H and O–H groups in total. The zero-order chi connectivity index (χ0) is 8.97. The standard InChI is InChI=1S/C9H10O3/c1-2-12-9(11)8(10)7-5-3-4-6-7/h3,5-6H,2,4H2,1H3. The van der Waals surface area contributed by atoms with E-state index in [-0.39, 0.29) is 6.61 Å². The highest BCUT2D eigenvalue weighted by molar-refractivity contribution is 6.41. The predicted molar refractivity (Wildman–Crippen MR) is 43.5 cm³/mol. The molecule has 0 saturated heterocycles. The van der Waals surface area contributed by atoms with Crippen LogP contribution in [0.3, 0.4) is 0 Å². The lowest BCUT2D eigenvalue weighted by Crippen LogP contribution is -2.17. The Kier molecular flexibility index (Phi) is 2.80. The van der Waals surface area contributed by atoms with Gasteiger partial charge in [0.2, 0.25) is 0 Å².